The van der Waals surface area contributed by atoms with Crippen molar-refractivity contribution >= 4 is 5.97 Å². The second kappa shape index (κ2) is 4.79. The Kier molecular flexibility index (Phi) is 3.68. The molecule has 0 aliphatic rings. The van der Waals surface area contributed by atoms with Crippen LogP contribution in [0.25, 0.3) is 0 Å². The van der Waals surface area contributed by atoms with Crippen LogP contribution in [-0.2, 0) is 11.3 Å². The highest BCUT2D eigenvalue weighted by atomic mass is 19.3. The van der Waals surface area contributed by atoms with Crippen LogP contribution in [0.4, 0.5) is 8.78 Å². The first-order valence-corrected chi connectivity index (χ1v) is 4.16. The first-order chi connectivity index (χ1) is 7.11. The monoisotopic (exact) mass is 216 g/mol. The van der Waals surface area contributed by atoms with Gasteiger partial charge in [0, 0.05) is 18.3 Å². The number of halogens is 2. The molecule has 0 spiro atoms. The van der Waals surface area contributed by atoms with Gasteiger partial charge in [-0.15, -0.1) is 0 Å². The molecule has 15 heavy (non-hydrogen) atoms. The van der Waals surface area contributed by atoms with E-state index in [1.54, 1.807) is 0 Å². The van der Waals surface area contributed by atoms with Crippen molar-refractivity contribution in [1.82, 2.24) is 4.98 Å². The molecule has 1 aromatic heterocycles. The zero-order valence-electron chi connectivity index (χ0n) is 8.04. The molecule has 0 saturated heterocycles. The van der Waals surface area contributed by atoms with E-state index in [0.29, 0.717) is 0 Å². The maximum Gasteiger partial charge on any atom is 0.340 e. The average Bonchev–Trinajstić information content (AvgIpc) is 2.26. The third-order valence-electron chi connectivity index (χ3n) is 1.88. The van der Waals surface area contributed by atoms with Gasteiger partial charge in [0.05, 0.1) is 18.4 Å². The normalized spacial score (nSPS) is 10.5. The third-order valence-corrected chi connectivity index (χ3v) is 1.88. The Labute approximate surface area is 85.1 Å². The molecule has 4 nitrogen and oxygen atoms in total. The molecule has 1 heterocycles. The molecule has 0 bridgehead atoms. The molecular formula is C9H10F2N2O2. The number of hydrogen-bond acceptors (Lipinski definition) is 4. The van der Waals surface area contributed by atoms with Gasteiger partial charge in [-0.05, 0) is 6.07 Å². The number of carbonyl (C=O) groups excluding carboxylic acids is 1. The molecule has 0 aliphatic heterocycles. The molecule has 0 saturated carbocycles. The number of aromatic nitrogens is 1. The Balaban J connectivity index is 3.33. The molecule has 0 amide bonds. The van der Waals surface area contributed by atoms with E-state index in [1.807, 2.05) is 0 Å². The predicted octanol–water partition coefficient (Wildman–Crippen LogP) is 1.26. The number of nitrogens with zero attached hydrogens (tertiary/aromatic N) is 1. The van der Waals surface area contributed by atoms with Gasteiger partial charge in [0.2, 0.25) is 0 Å². The molecule has 6 heteroatoms. The van der Waals surface area contributed by atoms with Crippen LogP contribution in [0.2, 0.25) is 0 Å². The Hall–Kier alpha value is -1.56. The number of carbonyl (C=O) groups is 1. The number of pyridine rings is 1. The maximum absolute atomic E-state index is 12.6. The first-order valence-electron chi connectivity index (χ1n) is 4.16. The van der Waals surface area contributed by atoms with Crippen LogP contribution in [0.5, 0.6) is 0 Å². The molecule has 0 radical (unpaired) electrons. The van der Waals surface area contributed by atoms with Crippen LogP contribution in [0.3, 0.4) is 0 Å². The summed E-state index contributed by atoms with van der Waals surface area (Å²) in [4.78, 5) is 15.0. The fourth-order valence-electron chi connectivity index (χ4n) is 1.20. The Bertz CT molecular complexity index is 369. The number of nitrogens with two attached hydrogens (primary N) is 1. The summed E-state index contributed by atoms with van der Waals surface area (Å²) < 4.78 is 29.5. The summed E-state index contributed by atoms with van der Waals surface area (Å²) in [7, 11) is 1.12. The second-order valence-electron chi connectivity index (χ2n) is 2.72. The Morgan fingerprint density at radius 3 is 2.80 bits per heavy atom. The summed E-state index contributed by atoms with van der Waals surface area (Å²) in [5, 5.41) is 0. The van der Waals surface area contributed by atoms with E-state index in [0.717, 1.165) is 13.2 Å². The summed E-state index contributed by atoms with van der Waals surface area (Å²) >= 11 is 0. The lowest BCUT2D eigenvalue weighted by Crippen LogP contribution is -2.14. The highest BCUT2D eigenvalue weighted by Gasteiger charge is 2.22. The minimum Gasteiger partial charge on any atom is -0.465 e. The Morgan fingerprint density at radius 2 is 2.33 bits per heavy atom. The SMILES string of the molecule is COC(=O)c1c(C(F)F)ccnc1CN. The van der Waals surface area contributed by atoms with Gasteiger partial charge in [-0.25, -0.2) is 13.6 Å². The number of hydrogen-bond donors (Lipinski definition) is 1. The molecular weight excluding hydrogens is 206 g/mol. The van der Waals surface area contributed by atoms with Crippen LogP contribution >= 0.6 is 0 Å². The number of methoxy groups -OCH3 is 1. The van der Waals surface area contributed by atoms with Crippen molar-refractivity contribution in [1.29, 1.82) is 0 Å². The standard InChI is InChI=1S/C9H10F2N2O2/c1-15-9(14)7-5(8(10)11)2-3-13-6(7)4-12/h2-3,8H,4,12H2,1H3. The van der Waals surface area contributed by atoms with Crippen LogP contribution in [0.1, 0.15) is 28.0 Å². The summed E-state index contributed by atoms with van der Waals surface area (Å²) in [5.41, 5.74) is 4.76. The lowest BCUT2D eigenvalue weighted by molar-refractivity contribution is 0.0587. The Morgan fingerprint density at radius 1 is 1.67 bits per heavy atom. The number of rotatable bonds is 3. The number of alkyl halides is 2. The molecule has 0 unspecified atom stereocenters. The average molecular weight is 216 g/mol. The van der Waals surface area contributed by atoms with Crippen molar-refractivity contribution in [3.63, 3.8) is 0 Å². The lowest BCUT2D eigenvalue weighted by atomic mass is 10.1. The number of ether oxygens (including phenoxy) is 1. The molecule has 82 valence electrons. The summed E-state index contributed by atoms with van der Waals surface area (Å²) in [6.07, 6.45) is -1.57. The molecule has 0 atom stereocenters. The van der Waals surface area contributed by atoms with Gasteiger partial charge in [0.25, 0.3) is 6.43 Å². The fraction of sp³-hybridized carbons (Fsp3) is 0.333. The van der Waals surface area contributed by atoms with E-state index in [4.69, 9.17) is 5.73 Å². The van der Waals surface area contributed by atoms with Crippen molar-refractivity contribution in [2.75, 3.05) is 7.11 Å². The highest BCUT2D eigenvalue weighted by Crippen LogP contribution is 2.24. The predicted molar refractivity (Wildman–Crippen MR) is 48.4 cm³/mol. The van der Waals surface area contributed by atoms with Gasteiger partial charge in [-0.1, -0.05) is 0 Å². The van der Waals surface area contributed by atoms with E-state index in [-0.39, 0.29) is 17.8 Å². The maximum atomic E-state index is 12.6. The van der Waals surface area contributed by atoms with E-state index in [9.17, 15) is 13.6 Å². The minimum absolute atomic E-state index is 0.0923. The molecule has 1 aromatic rings. The van der Waals surface area contributed by atoms with Gasteiger partial charge in [-0.3, -0.25) is 4.98 Å². The van der Waals surface area contributed by atoms with Crippen LogP contribution < -0.4 is 5.73 Å². The van der Waals surface area contributed by atoms with E-state index in [2.05, 4.69) is 9.72 Å². The van der Waals surface area contributed by atoms with Crippen LogP contribution in [0, 0.1) is 0 Å². The van der Waals surface area contributed by atoms with Crippen molar-refractivity contribution in [2.24, 2.45) is 5.73 Å². The minimum atomic E-state index is -2.76. The molecule has 0 aromatic carbocycles. The first kappa shape index (κ1) is 11.5. The molecule has 0 fully saturated rings. The van der Waals surface area contributed by atoms with Gasteiger partial charge in [-0.2, -0.15) is 0 Å². The zero-order chi connectivity index (χ0) is 11.4. The fourth-order valence-corrected chi connectivity index (χ4v) is 1.20. The van der Waals surface area contributed by atoms with Crippen LogP contribution in [-0.4, -0.2) is 18.1 Å². The summed E-state index contributed by atoms with van der Waals surface area (Å²) in [6, 6.07) is 1.08. The van der Waals surface area contributed by atoms with Crippen molar-refractivity contribution in [3.05, 3.63) is 29.1 Å². The van der Waals surface area contributed by atoms with Gasteiger partial charge in [0.15, 0.2) is 0 Å². The smallest absolute Gasteiger partial charge is 0.340 e. The van der Waals surface area contributed by atoms with Crippen LogP contribution in [0.15, 0.2) is 12.3 Å². The van der Waals surface area contributed by atoms with E-state index >= 15 is 0 Å². The van der Waals surface area contributed by atoms with Gasteiger partial charge < -0.3 is 10.5 Å². The topological polar surface area (TPSA) is 65.2 Å². The second-order valence-corrected chi connectivity index (χ2v) is 2.72. The zero-order valence-corrected chi connectivity index (χ0v) is 8.04. The molecule has 1 rings (SSSR count). The third kappa shape index (κ3) is 2.27. The van der Waals surface area contributed by atoms with Crippen molar-refractivity contribution in [3.8, 4) is 0 Å². The van der Waals surface area contributed by atoms with Crippen molar-refractivity contribution in [2.45, 2.75) is 13.0 Å². The summed E-state index contributed by atoms with van der Waals surface area (Å²) in [5.74, 6) is -0.848. The largest absolute Gasteiger partial charge is 0.465 e. The molecule has 0 aliphatic carbocycles. The van der Waals surface area contributed by atoms with Crippen molar-refractivity contribution < 1.29 is 18.3 Å². The number of esters is 1. The molecule has 2 N–H and O–H groups in total. The van der Waals surface area contributed by atoms with E-state index < -0.39 is 18.0 Å². The van der Waals surface area contributed by atoms with E-state index in [1.165, 1.54) is 6.20 Å². The highest BCUT2D eigenvalue weighted by molar-refractivity contribution is 5.92. The quantitative estimate of drug-likeness (QED) is 0.772. The lowest BCUT2D eigenvalue weighted by Gasteiger charge is -2.09. The van der Waals surface area contributed by atoms with Gasteiger partial charge >= 0.3 is 5.97 Å². The summed E-state index contributed by atoms with van der Waals surface area (Å²) in [6.45, 7) is -0.0923. The van der Waals surface area contributed by atoms with Gasteiger partial charge in [0.1, 0.15) is 0 Å².